The van der Waals surface area contributed by atoms with E-state index in [-0.39, 0.29) is 11.6 Å². The van der Waals surface area contributed by atoms with E-state index >= 15 is 0 Å². The van der Waals surface area contributed by atoms with Crippen LogP contribution in [0.3, 0.4) is 0 Å². The highest BCUT2D eigenvalue weighted by molar-refractivity contribution is 8.00. The summed E-state index contributed by atoms with van der Waals surface area (Å²) in [5.41, 5.74) is 3.22. The zero-order chi connectivity index (χ0) is 34.3. The number of carbonyl (C=O) groups is 3. The molecule has 5 aromatic carbocycles. The van der Waals surface area contributed by atoms with Crippen LogP contribution in [0.2, 0.25) is 0 Å². The van der Waals surface area contributed by atoms with Gasteiger partial charge >= 0.3 is 0 Å². The zero-order valence-corrected chi connectivity index (χ0v) is 28.6. The number of anilines is 3. The van der Waals surface area contributed by atoms with E-state index in [1.54, 1.807) is 72.4 Å². The SMILES string of the molecule is COc1cccc(/C=C(\NC(=O)c2ccccc2)C(=O)Nc2ccc(SC(C)C(=O)N3c4ccccc4Sc4ccccc43)cc2)c1OC. The number of thioether (sulfide) groups is 1. The molecule has 0 aliphatic carbocycles. The van der Waals surface area contributed by atoms with E-state index in [2.05, 4.69) is 10.6 Å². The molecule has 1 aliphatic rings. The van der Waals surface area contributed by atoms with Gasteiger partial charge in [0.15, 0.2) is 11.5 Å². The Kier molecular flexibility index (Phi) is 10.4. The average Bonchev–Trinajstić information content (AvgIpc) is 3.14. The van der Waals surface area contributed by atoms with Gasteiger partial charge in [0.05, 0.1) is 30.8 Å². The molecule has 0 aromatic heterocycles. The summed E-state index contributed by atoms with van der Waals surface area (Å²) in [4.78, 5) is 45.4. The van der Waals surface area contributed by atoms with Crippen LogP contribution < -0.4 is 25.0 Å². The highest BCUT2D eigenvalue weighted by Crippen LogP contribution is 2.48. The van der Waals surface area contributed by atoms with Gasteiger partial charge in [0, 0.05) is 31.5 Å². The molecule has 1 atom stereocenters. The lowest BCUT2D eigenvalue weighted by molar-refractivity contribution is -0.117. The minimum Gasteiger partial charge on any atom is -0.493 e. The first-order valence-electron chi connectivity index (χ1n) is 15.4. The van der Waals surface area contributed by atoms with Crippen molar-refractivity contribution in [3.05, 3.63) is 138 Å². The number of methoxy groups -OCH3 is 2. The summed E-state index contributed by atoms with van der Waals surface area (Å²) in [5, 5.41) is 5.24. The first-order chi connectivity index (χ1) is 23.9. The maximum absolute atomic E-state index is 13.9. The summed E-state index contributed by atoms with van der Waals surface area (Å²) in [6.07, 6.45) is 1.55. The second-order valence-corrected chi connectivity index (χ2v) is 13.4. The first kappa shape index (κ1) is 33.5. The van der Waals surface area contributed by atoms with Gasteiger partial charge in [0.25, 0.3) is 11.8 Å². The molecule has 3 amide bonds. The molecule has 246 valence electrons. The van der Waals surface area contributed by atoms with Crippen molar-refractivity contribution in [2.75, 3.05) is 24.4 Å². The number of fused-ring (bicyclic) bond motifs is 2. The summed E-state index contributed by atoms with van der Waals surface area (Å²) in [6.45, 7) is 1.90. The summed E-state index contributed by atoms with van der Waals surface area (Å²) in [6, 6.07) is 37.0. The van der Waals surface area contributed by atoms with E-state index in [9.17, 15) is 14.4 Å². The maximum atomic E-state index is 13.9. The Morgan fingerprint density at radius 1 is 0.755 bits per heavy atom. The third kappa shape index (κ3) is 7.51. The lowest BCUT2D eigenvalue weighted by atomic mass is 10.1. The minimum atomic E-state index is -0.529. The summed E-state index contributed by atoms with van der Waals surface area (Å²) >= 11 is 3.10. The molecule has 0 saturated heterocycles. The number of rotatable bonds is 10. The molecule has 5 aromatic rings. The largest absolute Gasteiger partial charge is 0.493 e. The summed E-state index contributed by atoms with van der Waals surface area (Å²) in [5.74, 6) is -0.0897. The average molecular weight is 688 g/mol. The number of hydrogen-bond donors (Lipinski definition) is 2. The van der Waals surface area contributed by atoms with E-state index in [0.29, 0.717) is 28.3 Å². The van der Waals surface area contributed by atoms with Crippen molar-refractivity contribution in [1.29, 1.82) is 0 Å². The van der Waals surface area contributed by atoms with E-state index in [1.165, 1.54) is 26.0 Å². The molecule has 0 saturated carbocycles. The van der Waals surface area contributed by atoms with Gasteiger partial charge in [-0.05, 0) is 79.7 Å². The van der Waals surface area contributed by atoms with Gasteiger partial charge in [-0.15, -0.1) is 11.8 Å². The third-order valence-corrected chi connectivity index (χ3v) is 9.92. The Bertz CT molecular complexity index is 1990. The second kappa shape index (κ2) is 15.2. The number of carbonyl (C=O) groups excluding carboxylic acids is 3. The Morgan fingerprint density at radius 2 is 1.39 bits per heavy atom. The van der Waals surface area contributed by atoms with Crippen LogP contribution in [-0.2, 0) is 9.59 Å². The van der Waals surface area contributed by atoms with Crippen LogP contribution >= 0.6 is 23.5 Å². The van der Waals surface area contributed by atoms with Crippen molar-refractivity contribution in [3.8, 4) is 11.5 Å². The van der Waals surface area contributed by atoms with E-state index < -0.39 is 17.1 Å². The number of nitrogens with zero attached hydrogens (tertiary/aromatic N) is 1. The molecule has 1 aliphatic heterocycles. The maximum Gasteiger partial charge on any atom is 0.272 e. The highest BCUT2D eigenvalue weighted by atomic mass is 32.2. The monoisotopic (exact) mass is 687 g/mol. The molecule has 2 N–H and O–H groups in total. The van der Waals surface area contributed by atoms with Gasteiger partial charge < -0.3 is 20.1 Å². The van der Waals surface area contributed by atoms with Gasteiger partial charge in [-0.3, -0.25) is 19.3 Å². The Morgan fingerprint density at radius 3 is 2.02 bits per heavy atom. The smallest absolute Gasteiger partial charge is 0.272 e. The van der Waals surface area contributed by atoms with Crippen LogP contribution in [0.1, 0.15) is 22.8 Å². The standard InChI is InChI=1S/C39H33N3O5S2/c1-25(39(45)42-31-15-7-9-18-34(31)49-35-19-10-8-16-32(35)42)48-29-22-20-28(21-23-29)40-38(44)30(41-37(43)26-12-5-4-6-13-26)24-27-14-11-17-33(46-2)36(27)47-3/h4-25H,1-3H3,(H,40,44)(H,41,43)/b30-24-. The van der Waals surface area contributed by atoms with Gasteiger partial charge in [0.1, 0.15) is 5.70 Å². The van der Waals surface area contributed by atoms with Gasteiger partial charge in [-0.1, -0.05) is 66.4 Å². The Labute approximate surface area is 293 Å². The molecule has 1 heterocycles. The fourth-order valence-electron chi connectivity index (χ4n) is 5.32. The summed E-state index contributed by atoms with van der Waals surface area (Å²) in [7, 11) is 3.04. The van der Waals surface area contributed by atoms with Crippen molar-refractivity contribution in [2.45, 2.75) is 26.9 Å². The van der Waals surface area contributed by atoms with Crippen molar-refractivity contribution in [1.82, 2.24) is 5.32 Å². The van der Waals surface area contributed by atoms with Crippen LogP contribution in [0.25, 0.3) is 6.08 Å². The number of hydrogen-bond acceptors (Lipinski definition) is 7. The molecule has 0 radical (unpaired) electrons. The Balaban J connectivity index is 1.19. The van der Waals surface area contributed by atoms with E-state index in [1.807, 2.05) is 78.6 Å². The molecule has 0 bridgehead atoms. The third-order valence-electron chi connectivity index (χ3n) is 7.69. The molecule has 8 nitrogen and oxygen atoms in total. The van der Waals surface area contributed by atoms with Crippen molar-refractivity contribution in [2.24, 2.45) is 0 Å². The molecule has 0 spiro atoms. The van der Waals surface area contributed by atoms with E-state index in [0.717, 1.165) is 26.1 Å². The number of para-hydroxylation sites is 3. The number of nitrogens with one attached hydrogen (secondary N) is 2. The molecular weight excluding hydrogens is 655 g/mol. The van der Waals surface area contributed by atoms with Crippen molar-refractivity contribution in [3.63, 3.8) is 0 Å². The summed E-state index contributed by atoms with van der Waals surface area (Å²) < 4.78 is 11.0. The molecule has 10 heteroatoms. The van der Waals surface area contributed by atoms with Gasteiger partial charge in [0.2, 0.25) is 5.91 Å². The van der Waals surface area contributed by atoms with Crippen LogP contribution in [0.5, 0.6) is 11.5 Å². The van der Waals surface area contributed by atoms with Crippen LogP contribution in [0.4, 0.5) is 17.1 Å². The fraction of sp³-hybridized carbons (Fsp3) is 0.103. The number of amides is 3. The zero-order valence-electron chi connectivity index (χ0n) is 27.0. The van der Waals surface area contributed by atoms with Crippen LogP contribution in [-0.4, -0.2) is 37.2 Å². The number of ether oxygens (including phenoxy) is 2. The van der Waals surface area contributed by atoms with Crippen LogP contribution in [0.15, 0.2) is 142 Å². The highest BCUT2D eigenvalue weighted by Gasteiger charge is 2.31. The topological polar surface area (TPSA) is 97.0 Å². The Hall–Kier alpha value is -5.45. The van der Waals surface area contributed by atoms with Crippen molar-refractivity contribution >= 4 is 64.4 Å². The second-order valence-electron chi connectivity index (χ2n) is 10.9. The van der Waals surface area contributed by atoms with E-state index in [4.69, 9.17) is 9.47 Å². The first-order valence-corrected chi connectivity index (χ1v) is 17.1. The predicted octanol–water partition coefficient (Wildman–Crippen LogP) is 8.42. The number of benzene rings is 5. The van der Waals surface area contributed by atoms with Crippen molar-refractivity contribution < 1.29 is 23.9 Å². The lowest BCUT2D eigenvalue weighted by Gasteiger charge is -2.32. The normalized spacial score (nSPS) is 12.6. The van der Waals surface area contributed by atoms with Crippen LogP contribution in [0, 0.1) is 0 Å². The molecule has 6 rings (SSSR count). The fourth-order valence-corrected chi connectivity index (χ4v) is 7.28. The predicted molar refractivity (Wildman–Crippen MR) is 196 cm³/mol. The van der Waals surface area contributed by atoms with Gasteiger partial charge in [-0.25, -0.2) is 0 Å². The minimum absolute atomic E-state index is 0.0123. The molecule has 49 heavy (non-hydrogen) atoms. The molecule has 0 fully saturated rings. The molecule has 1 unspecified atom stereocenters. The lowest BCUT2D eigenvalue weighted by Crippen LogP contribution is -2.34. The quantitative estimate of drug-likeness (QED) is 0.112. The van der Waals surface area contributed by atoms with Gasteiger partial charge in [-0.2, -0.15) is 0 Å². The molecular formula is C39H33N3O5S2.